The smallest absolute Gasteiger partial charge is 0.125 e. The Hall–Kier alpha value is -1.09. The standard InChI is InChI=1S/C15H24FNO/c1-4-7-17-11-14-9-12(2)15(13(3)10-14)18-8-5-6-16/h9-10,17H,4-8,11H2,1-3H3. The van der Waals surface area contributed by atoms with Gasteiger partial charge in [0, 0.05) is 13.0 Å². The predicted octanol–water partition coefficient (Wildman–Crippen LogP) is 3.54. The average molecular weight is 253 g/mol. The summed E-state index contributed by atoms with van der Waals surface area (Å²) in [4.78, 5) is 0. The summed E-state index contributed by atoms with van der Waals surface area (Å²) in [6.07, 6.45) is 1.60. The summed E-state index contributed by atoms with van der Waals surface area (Å²) in [5.41, 5.74) is 3.53. The van der Waals surface area contributed by atoms with Crippen molar-refractivity contribution in [2.75, 3.05) is 19.8 Å². The van der Waals surface area contributed by atoms with Gasteiger partial charge >= 0.3 is 0 Å². The highest BCUT2D eigenvalue weighted by atomic mass is 19.1. The zero-order chi connectivity index (χ0) is 13.4. The molecule has 18 heavy (non-hydrogen) atoms. The highest BCUT2D eigenvalue weighted by molar-refractivity contribution is 5.43. The van der Waals surface area contributed by atoms with Gasteiger partial charge in [0.05, 0.1) is 13.3 Å². The van der Waals surface area contributed by atoms with Crippen LogP contribution in [0.2, 0.25) is 0 Å². The van der Waals surface area contributed by atoms with Gasteiger partial charge in [0.2, 0.25) is 0 Å². The molecule has 0 spiro atoms. The van der Waals surface area contributed by atoms with Gasteiger partial charge in [-0.05, 0) is 43.5 Å². The molecule has 3 heteroatoms. The minimum Gasteiger partial charge on any atom is -0.493 e. The third-order valence-corrected chi connectivity index (χ3v) is 2.80. The fourth-order valence-electron chi connectivity index (χ4n) is 2.01. The summed E-state index contributed by atoms with van der Waals surface area (Å²) in [7, 11) is 0. The minimum atomic E-state index is -0.322. The molecule has 2 nitrogen and oxygen atoms in total. The molecule has 1 N–H and O–H groups in total. The van der Waals surface area contributed by atoms with Crippen molar-refractivity contribution in [3.05, 3.63) is 28.8 Å². The molecule has 0 heterocycles. The van der Waals surface area contributed by atoms with Crippen molar-refractivity contribution in [3.63, 3.8) is 0 Å². The Balaban J connectivity index is 2.65. The Morgan fingerprint density at radius 1 is 1.22 bits per heavy atom. The van der Waals surface area contributed by atoms with Crippen LogP contribution in [0.5, 0.6) is 5.75 Å². The zero-order valence-corrected chi connectivity index (χ0v) is 11.7. The zero-order valence-electron chi connectivity index (χ0n) is 11.7. The van der Waals surface area contributed by atoms with Gasteiger partial charge < -0.3 is 10.1 Å². The first-order valence-corrected chi connectivity index (χ1v) is 6.68. The number of ether oxygens (including phenoxy) is 1. The Labute approximate surface area is 110 Å². The van der Waals surface area contributed by atoms with Gasteiger partial charge in [-0.15, -0.1) is 0 Å². The quantitative estimate of drug-likeness (QED) is 0.715. The highest BCUT2D eigenvalue weighted by Gasteiger charge is 2.06. The summed E-state index contributed by atoms with van der Waals surface area (Å²) < 4.78 is 17.7. The van der Waals surface area contributed by atoms with Gasteiger partial charge in [0.25, 0.3) is 0 Å². The molecule has 0 aliphatic heterocycles. The second-order valence-electron chi connectivity index (χ2n) is 4.63. The van der Waals surface area contributed by atoms with E-state index in [2.05, 4.69) is 24.4 Å². The molecule has 1 aromatic carbocycles. The molecule has 0 atom stereocenters. The normalized spacial score (nSPS) is 10.7. The number of hydrogen-bond donors (Lipinski definition) is 1. The molecule has 0 radical (unpaired) electrons. The lowest BCUT2D eigenvalue weighted by molar-refractivity contribution is 0.286. The fourth-order valence-corrected chi connectivity index (χ4v) is 2.01. The van der Waals surface area contributed by atoms with Crippen molar-refractivity contribution in [1.29, 1.82) is 0 Å². The number of benzene rings is 1. The van der Waals surface area contributed by atoms with Crippen LogP contribution in [0.15, 0.2) is 12.1 Å². The fraction of sp³-hybridized carbons (Fsp3) is 0.600. The van der Waals surface area contributed by atoms with E-state index in [-0.39, 0.29) is 6.67 Å². The SMILES string of the molecule is CCCNCc1cc(C)c(OCCCF)c(C)c1. The molecule has 0 aliphatic carbocycles. The van der Waals surface area contributed by atoms with Crippen molar-refractivity contribution in [2.45, 2.75) is 40.2 Å². The first-order valence-electron chi connectivity index (χ1n) is 6.68. The van der Waals surface area contributed by atoms with E-state index in [0.717, 1.165) is 36.4 Å². The molecular formula is C15H24FNO. The Morgan fingerprint density at radius 2 is 1.89 bits per heavy atom. The second-order valence-corrected chi connectivity index (χ2v) is 4.63. The lowest BCUT2D eigenvalue weighted by Crippen LogP contribution is -2.14. The average Bonchev–Trinajstić information content (AvgIpc) is 2.33. The third-order valence-electron chi connectivity index (χ3n) is 2.80. The maximum atomic E-state index is 12.0. The van der Waals surface area contributed by atoms with E-state index in [1.165, 1.54) is 5.56 Å². The largest absolute Gasteiger partial charge is 0.493 e. The number of hydrogen-bond acceptors (Lipinski definition) is 2. The van der Waals surface area contributed by atoms with Gasteiger partial charge in [-0.3, -0.25) is 4.39 Å². The van der Waals surface area contributed by atoms with Gasteiger partial charge in [-0.2, -0.15) is 0 Å². The molecule has 0 bridgehead atoms. The summed E-state index contributed by atoms with van der Waals surface area (Å²) in [5.74, 6) is 0.905. The molecule has 0 aliphatic rings. The number of nitrogens with one attached hydrogen (secondary N) is 1. The summed E-state index contributed by atoms with van der Waals surface area (Å²) in [5, 5.41) is 3.39. The number of rotatable bonds is 8. The molecule has 1 aromatic rings. The van der Waals surface area contributed by atoms with E-state index in [1.807, 2.05) is 13.8 Å². The number of alkyl halides is 1. The minimum absolute atomic E-state index is 0.322. The van der Waals surface area contributed by atoms with Gasteiger partial charge in [-0.1, -0.05) is 19.1 Å². The van der Waals surface area contributed by atoms with Crippen molar-refractivity contribution >= 4 is 0 Å². The Morgan fingerprint density at radius 3 is 2.44 bits per heavy atom. The topological polar surface area (TPSA) is 21.3 Å². The monoisotopic (exact) mass is 253 g/mol. The molecule has 0 saturated heterocycles. The molecule has 102 valence electrons. The number of halogens is 1. The van der Waals surface area contributed by atoms with E-state index in [0.29, 0.717) is 13.0 Å². The molecule has 0 fully saturated rings. The molecule has 0 amide bonds. The van der Waals surface area contributed by atoms with E-state index in [1.54, 1.807) is 0 Å². The third kappa shape index (κ3) is 4.65. The van der Waals surface area contributed by atoms with Crippen LogP contribution in [0.3, 0.4) is 0 Å². The van der Waals surface area contributed by atoms with E-state index < -0.39 is 0 Å². The van der Waals surface area contributed by atoms with Crippen LogP contribution in [0, 0.1) is 13.8 Å². The first kappa shape index (κ1) is 15.0. The lowest BCUT2D eigenvalue weighted by atomic mass is 10.1. The first-order chi connectivity index (χ1) is 8.69. The van der Waals surface area contributed by atoms with Crippen LogP contribution in [0.4, 0.5) is 4.39 Å². The summed E-state index contributed by atoms with van der Waals surface area (Å²) in [6.45, 7) is 8.30. The maximum absolute atomic E-state index is 12.0. The van der Waals surface area contributed by atoms with Crippen molar-refractivity contribution in [2.24, 2.45) is 0 Å². The van der Waals surface area contributed by atoms with E-state index in [4.69, 9.17) is 4.74 Å². The summed E-state index contributed by atoms with van der Waals surface area (Å²) in [6, 6.07) is 4.28. The molecule has 0 saturated carbocycles. The van der Waals surface area contributed by atoms with Crippen LogP contribution in [0.1, 0.15) is 36.5 Å². The van der Waals surface area contributed by atoms with Crippen LogP contribution in [-0.2, 0) is 6.54 Å². The maximum Gasteiger partial charge on any atom is 0.125 e. The van der Waals surface area contributed by atoms with Crippen LogP contribution in [0.25, 0.3) is 0 Å². The Kier molecular flexibility index (Phi) is 6.73. The number of aryl methyl sites for hydroxylation is 2. The molecular weight excluding hydrogens is 229 g/mol. The van der Waals surface area contributed by atoms with Crippen LogP contribution in [-0.4, -0.2) is 19.8 Å². The van der Waals surface area contributed by atoms with Crippen molar-refractivity contribution in [3.8, 4) is 5.75 Å². The van der Waals surface area contributed by atoms with Crippen molar-refractivity contribution in [1.82, 2.24) is 5.32 Å². The van der Waals surface area contributed by atoms with Gasteiger partial charge in [0.1, 0.15) is 5.75 Å². The van der Waals surface area contributed by atoms with Gasteiger partial charge in [-0.25, -0.2) is 0 Å². The summed E-state index contributed by atoms with van der Waals surface area (Å²) >= 11 is 0. The van der Waals surface area contributed by atoms with E-state index >= 15 is 0 Å². The van der Waals surface area contributed by atoms with Gasteiger partial charge in [0.15, 0.2) is 0 Å². The Bertz CT molecular complexity index is 343. The second kappa shape index (κ2) is 8.09. The molecule has 0 unspecified atom stereocenters. The molecule has 1 rings (SSSR count). The highest BCUT2D eigenvalue weighted by Crippen LogP contribution is 2.25. The van der Waals surface area contributed by atoms with E-state index in [9.17, 15) is 4.39 Å². The lowest BCUT2D eigenvalue weighted by Gasteiger charge is -2.14. The predicted molar refractivity (Wildman–Crippen MR) is 74.0 cm³/mol. The van der Waals surface area contributed by atoms with Crippen molar-refractivity contribution < 1.29 is 9.13 Å². The van der Waals surface area contributed by atoms with Crippen LogP contribution < -0.4 is 10.1 Å². The molecule has 0 aromatic heterocycles. The van der Waals surface area contributed by atoms with Crippen LogP contribution >= 0.6 is 0 Å².